The molecule has 3 heterocycles. The lowest BCUT2D eigenvalue weighted by Gasteiger charge is -2.32. The van der Waals surface area contributed by atoms with Gasteiger partial charge in [0.05, 0.1) is 16.9 Å². The van der Waals surface area contributed by atoms with Gasteiger partial charge >= 0.3 is 6.03 Å². The molecule has 0 radical (unpaired) electrons. The zero-order chi connectivity index (χ0) is 25.5. The Balaban J connectivity index is 1.32. The summed E-state index contributed by atoms with van der Waals surface area (Å²) in [6.07, 6.45) is 6.62. The van der Waals surface area contributed by atoms with Crippen LogP contribution in [0.5, 0.6) is 0 Å². The Kier molecular flexibility index (Phi) is 9.18. The lowest BCUT2D eigenvalue weighted by Crippen LogP contribution is -2.43. The molecule has 0 bridgehead atoms. The number of piperidine rings is 1. The summed E-state index contributed by atoms with van der Waals surface area (Å²) in [6, 6.07) is 8.04. The fourth-order valence-electron chi connectivity index (χ4n) is 5.11. The van der Waals surface area contributed by atoms with Crippen LogP contribution in [0.3, 0.4) is 0 Å². The van der Waals surface area contributed by atoms with Crippen LogP contribution in [-0.2, 0) is 0 Å². The number of carbonyl (C=O) groups excluding carboxylic acids is 2. The van der Waals surface area contributed by atoms with E-state index in [0.717, 1.165) is 38.6 Å². The zero-order valence-electron chi connectivity index (χ0n) is 21.3. The minimum atomic E-state index is -0.332. The fraction of sp³-hybridized carbons (Fsp3) is 0.519. The second kappa shape index (κ2) is 12.5. The Bertz CT molecular complexity index is 1050. The first-order valence-corrected chi connectivity index (χ1v) is 13.5. The predicted molar refractivity (Wildman–Crippen MR) is 145 cm³/mol. The van der Waals surface area contributed by atoms with Crippen LogP contribution in [0.15, 0.2) is 36.5 Å². The first-order valence-electron chi connectivity index (χ1n) is 13.1. The number of urea groups is 1. The second-order valence-electron chi connectivity index (χ2n) is 9.51. The molecule has 0 saturated carbocycles. The van der Waals surface area contributed by atoms with E-state index in [1.165, 1.54) is 37.1 Å². The highest BCUT2D eigenvalue weighted by Crippen LogP contribution is 2.37. The van der Waals surface area contributed by atoms with Gasteiger partial charge in [-0.15, -0.1) is 0 Å². The quantitative estimate of drug-likeness (QED) is 0.495. The summed E-state index contributed by atoms with van der Waals surface area (Å²) in [4.78, 5) is 36.9. The first kappa shape index (κ1) is 26.4. The topological polar surface area (TPSA) is 80.8 Å². The molecule has 1 saturated heterocycles. The van der Waals surface area contributed by atoms with E-state index in [0.29, 0.717) is 34.3 Å². The summed E-state index contributed by atoms with van der Waals surface area (Å²) in [7, 11) is 0. The molecular weight excluding hydrogens is 476 g/mol. The van der Waals surface area contributed by atoms with E-state index in [4.69, 9.17) is 11.6 Å². The Hall–Kier alpha value is -2.68. The smallest absolute Gasteiger partial charge is 0.327 e. The van der Waals surface area contributed by atoms with E-state index in [9.17, 15) is 9.59 Å². The number of carbonyl (C=O) groups is 2. The molecule has 0 atom stereocenters. The summed E-state index contributed by atoms with van der Waals surface area (Å²) in [5.41, 5.74) is 1.27. The van der Waals surface area contributed by atoms with E-state index < -0.39 is 0 Å². The van der Waals surface area contributed by atoms with Crippen LogP contribution in [0, 0.1) is 5.92 Å². The monoisotopic (exact) mass is 512 g/mol. The first-order chi connectivity index (χ1) is 17.5. The number of nitrogens with one attached hydrogen (secondary N) is 2. The number of hydrogen-bond donors (Lipinski definition) is 2. The van der Waals surface area contributed by atoms with E-state index in [1.807, 2.05) is 0 Å². The molecule has 1 aromatic heterocycles. The van der Waals surface area contributed by atoms with Crippen molar-refractivity contribution in [2.24, 2.45) is 5.92 Å². The van der Waals surface area contributed by atoms with Crippen LogP contribution in [0.2, 0.25) is 5.02 Å². The molecule has 1 fully saturated rings. The van der Waals surface area contributed by atoms with Gasteiger partial charge < -0.3 is 20.4 Å². The molecule has 1 aromatic carbocycles. The summed E-state index contributed by atoms with van der Waals surface area (Å²) < 4.78 is 0. The number of amides is 3. The van der Waals surface area contributed by atoms with Crippen molar-refractivity contribution in [2.45, 2.75) is 39.5 Å². The van der Waals surface area contributed by atoms with Gasteiger partial charge in [0.25, 0.3) is 5.91 Å². The number of rotatable bonds is 9. The molecular formula is C27H37ClN6O2. The fourth-order valence-corrected chi connectivity index (χ4v) is 5.27. The number of pyridine rings is 1. The minimum absolute atomic E-state index is 0.300. The van der Waals surface area contributed by atoms with E-state index in [2.05, 4.69) is 39.3 Å². The highest BCUT2D eigenvalue weighted by Gasteiger charge is 2.30. The van der Waals surface area contributed by atoms with Crippen LogP contribution in [0.25, 0.3) is 0 Å². The molecule has 0 unspecified atom stereocenters. The number of aromatic nitrogens is 1. The van der Waals surface area contributed by atoms with Crippen molar-refractivity contribution in [3.8, 4) is 0 Å². The van der Waals surface area contributed by atoms with Crippen LogP contribution < -0.4 is 15.5 Å². The van der Waals surface area contributed by atoms with Gasteiger partial charge in [0, 0.05) is 24.3 Å². The number of halogens is 1. The van der Waals surface area contributed by atoms with Gasteiger partial charge in [0.1, 0.15) is 0 Å². The highest BCUT2D eigenvalue weighted by molar-refractivity contribution is 6.31. The third-order valence-electron chi connectivity index (χ3n) is 7.29. The number of fused-ring (bicyclic) bond motifs is 2. The van der Waals surface area contributed by atoms with Crippen molar-refractivity contribution in [3.63, 3.8) is 0 Å². The molecule has 0 spiro atoms. The van der Waals surface area contributed by atoms with Gasteiger partial charge in [-0.05, 0) is 94.7 Å². The Labute approximate surface area is 219 Å². The SMILES string of the molecule is CCN(CC)CCCC1CCN(CCNC(=O)N2c3cc(Cl)ccc3C(=O)Nc3cccnc32)CC1. The van der Waals surface area contributed by atoms with Gasteiger partial charge in [-0.2, -0.15) is 0 Å². The molecule has 9 heteroatoms. The molecule has 2 aliphatic rings. The lowest BCUT2D eigenvalue weighted by molar-refractivity contribution is 0.102. The summed E-state index contributed by atoms with van der Waals surface area (Å²) in [5.74, 6) is 0.874. The molecule has 4 rings (SSSR count). The number of anilines is 3. The van der Waals surface area contributed by atoms with Crippen molar-refractivity contribution in [2.75, 3.05) is 56.0 Å². The maximum absolute atomic E-state index is 13.4. The van der Waals surface area contributed by atoms with Gasteiger partial charge in [-0.3, -0.25) is 4.79 Å². The largest absolute Gasteiger partial charge is 0.336 e. The molecule has 2 aliphatic heterocycles. The highest BCUT2D eigenvalue weighted by atomic mass is 35.5. The Morgan fingerprint density at radius 1 is 1.22 bits per heavy atom. The van der Waals surface area contributed by atoms with Crippen LogP contribution >= 0.6 is 11.6 Å². The van der Waals surface area contributed by atoms with Gasteiger partial charge in [-0.25, -0.2) is 14.7 Å². The number of nitrogens with zero attached hydrogens (tertiary/aromatic N) is 4. The average Bonchev–Trinajstić information content (AvgIpc) is 3.00. The minimum Gasteiger partial charge on any atom is -0.336 e. The van der Waals surface area contributed by atoms with E-state index >= 15 is 0 Å². The van der Waals surface area contributed by atoms with Crippen molar-refractivity contribution < 1.29 is 9.59 Å². The second-order valence-corrected chi connectivity index (χ2v) is 9.95. The normalized spacial score (nSPS) is 16.3. The molecule has 2 aromatic rings. The molecule has 2 N–H and O–H groups in total. The third kappa shape index (κ3) is 6.35. The molecule has 3 amide bonds. The summed E-state index contributed by atoms with van der Waals surface area (Å²) in [6.45, 7) is 11.4. The number of likely N-dealkylation sites (tertiary alicyclic amines) is 1. The van der Waals surface area contributed by atoms with Crippen molar-refractivity contribution in [3.05, 3.63) is 47.1 Å². The van der Waals surface area contributed by atoms with Crippen LogP contribution in [0.1, 0.15) is 49.9 Å². The number of hydrogen-bond acceptors (Lipinski definition) is 5. The van der Waals surface area contributed by atoms with Gasteiger partial charge in [-0.1, -0.05) is 25.4 Å². The van der Waals surface area contributed by atoms with Crippen LogP contribution in [-0.4, -0.2) is 72.5 Å². The molecule has 36 heavy (non-hydrogen) atoms. The van der Waals surface area contributed by atoms with Crippen molar-refractivity contribution in [1.82, 2.24) is 20.1 Å². The van der Waals surface area contributed by atoms with E-state index in [-0.39, 0.29) is 11.9 Å². The molecule has 0 aliphatic carbocycles. The van der Waals surface area contributed by atoms with Gasteiger partial charge in [0.15, 0.2) is 5.82 Å². The Morgan fingerprint density at radius 2 is 2.00 bits per heavy atom. The Morgan fingerprint density at radius 3 is 2.75 bits per heavy atom. The van der Waals surface area contributed by atoms with Crippen molar-refractivity contribution in [1.29, 1.82) is 0 Å². The van der Waals surface area contributed by atoms with E-state index in [1.54, 1.807) is 36.5 Å². The maximum atomic E-state index is 13.4. The lowest BCUT2D eigenvalue weighted by atomic mass is 9.92. The summed E-state index contributed by atoms with van der Waals surface area (Å²) in [5, 5.41) is 6.32. The molecule has 194 valence electrons. The summed E-state index contributed by atoms with van der Waals surface area (Å²) >= 11 is 6.23. The maximum Gasteiger partial charge on any atom is 0.327 e. The zero-order valence-corrected chi connectivity index (χ0v) is 22.1. The van der Waals surface area contributed by atoms with Crippen LogP contribution in [0.4, 0.5) is 22.0 Å². The van der Waals surface area contributed by atoms with Crippen molar-refractivity contribution >= 4 is 40.7 Å². The predicted octanol–water partition coefficient (Wildman–Crippen LogP) is 4.98. The molecule has 8 nitrogen and oxygen atoms in total. The third-order valence-corrected chi connectivity index (χ3v) is 7.52. The standard InChI is InChI=1S/C27H37ClN6O2/c1-3-32(4-2)15-6-7-20-11-16-33(17-12-20)18-14-30-27(36)34-24-19-21(28)9-10-22(24)26(35)31-23-8-5-13-29-25(23)34/h5,8-10,13,19-20H,3-4,6-7,11-12,14-18H2,1-2H3,(H,30,36)(H,31,35). The average molecular weight is 513 g/mol. The van der Waals surface area contributed by atoms with Gasteiger partial charge in [0.2, 0.25) is 0 Å². The number of benzene rings is 1.